The number of methoxy groups -OCH3 is 1. The van der Waals surface area contributed by atoms with Crippen molar-refractivity contribution in [1.29, 1.82) is 0 Å². The number of nitrogens with zero attached hydrogens (tertiary/aromatic N) is 2. The third kappa shape index (κ3) is 2.92. The van der Waals surface area contributed by atoms with E-state index in [1.54, 1.807) is 17.2 Å². The minimum atomic E-state index is -0.518. The van der Waals surface area contributed by atoms with Gasteiger partial charge in [0, 0.05) is 17.6 Å². The molecule has 1 atom stereocenters. The topological polar surface area (TPSA) is 68.6 Å². The van der Waals surface area contributed by atoms with Crippen molar-refractivity contribution in [2.24, 2.45) is 0 Å². The molecule has 0 saturated carbocycles. The summed E-state index contributed by atoms with van der Waals surface area (Å²) in [5.74, 6) is -0.587. The predicted octanol–water partition coefficient (Wildman–Crippen LogP) is 0.772. The van der Waals surface area contributed by atoms with Crippen LogP contribution < -0.4 is 4.87 Å². The highest BCUT2D eigenvalue weighted by molar-refractivity contribution is 7.07. The van der Waals surface area contributed by atoms with Crippen molar-refractivity contribution in [3.05, 3.63) is 20.7 Å². The highest BCUT2D eigenvalue weighted by Gasteiger charge is 2.32. The number of carbonyl (C=O) groups excluding carboxylic acids is 2. The Balaban J connectivity index is 2.14. The first-order valence-electron chi connectivity index (χ1n) is 6.57. The first kappa shape index (κ1) is 14.8. The number of likely N-dealkylation sites (tertiary alicyclic amines) is 1. The van der Waals surface area contributed by atoms with Gasteiger partial charge >= 0.3 is 10.8 Å². The molecule has 110 valence electrons. The molecule has 0 unspecified atom stereocenters. The molecule has 1 amide bonds. The monoisotopic (exact) mass is 298 g/mol. The molecule has 0 bridgehead atoms. The van der Waals surface area contributed by atoms with Crippen LogP contribution in [-0.4, -0.2) is 41.0 Å². The highest BCUT2D eigenvalue weighted by atomic mass is 32.1. The maximum Gasteiger partial charge on any atom is 0.328 e. The first-order chi connectivity index (χ1) is 9.54. The van der Waals surface area contributed by atoms with Crippen molar-refractivity contribution in [3.8, 4) is 0 Å². The third-order valence-corrected chi connectivity index (χ3v) is 4.45. The Labute approximate surface area is 121 Å². The number of amides is 1. The number of carbonyl (C=O) groups is 2. The summed E-state index contributed by atoms with van der Waals surface area (Å²) in [4.78, 5) is 37.1. The lowest BCUT2D eigenvalue weighted by Gasteiger charge is -2.33. The molecule has 0 aromatic carbocycles. The zero-order valence-corrected chi connectivity index (χ0v) is 12.4. The fraction of sp³-hybridized carbons (Fsp3) is 0.615. The van der Waals surface area contributed by atoms with Gasteiger partial charge in [0.25, 0.3) is 0 Å². The Bertz CT molecular complexity index is 563. The Morgan fingerprint density at radius 1 is 1.45 bits per heavy atom. The standard InChI is InChI=1S/C13H18N2O4S/c1-9-8-20-13(18)15(9)7-11(16)14-6-4-3-5-10(14)12(17)19-2/h8,10H,3-7H2,1-2H3/t10-/m1/s1. The summed E-state index contributed by atoms with van der Waals surface area (Å²) < 4.78 is 6.19. The SMILES string of the molecule is COC(=O)[C@H]1CCCCN1C(=O)Cn1c(C)csc1=O. The van der Waals surface area contributed by atoms with E-state index >= 15 is 0 Å². The first-order valence-corrected chi connectivity index (χ1v) is 7.44. The number of hydrogen-bond acceptors (Lipinski definition) is 5. The van der Waals surface area contributed by atoms with Crippen molar-refractivity contribution in [2.45, 2.75) is 38.8 Å². The molecule has 1 saturated heterocycles. The summed E-state index contributed by atoms with van der Waals surface area (Å²) in [5.41, 5.74) is 0.764. The van der Waals surface area contributed by atoms with Gasteiger partial charge in [-0.1, -0.05) is 11.3 Å². The lowest BCUT2D eigenvalue weighted by atomic mass is 10.0. The molecule has 2 heterocycles. The molecule has 0 spiro atoms. The lowest BCUT2D eigenvalue weighted by Crippen LogP contribution is -2.50. The minimum absolute atomic E-state index is 0.0122. The molecule has 20 heavy (non-hydrogen) atoms. The van der Waals surface area contributed by atoms with E-state index in [1.165, 1.54) is 11.7 Å². The number of piperidine rings is 1. The highest BCUT2D eigenvalue weighted by Crippen LogP contribution is 2.18. The van der Waals surface area contributed by atoms with Crippen LogP contribution in [0.3, 0.4) is 0 Å². The maximum atomic E-state index is 12.4. The van der Waals surface area contributed by atoms with Gasteiger partial charge in [0.2, 0.25) is 5.91 Å². The summed E-state index contributed by atoms with van der Waals surface area (Å²) in [6.07, 6.45) is 2.40. The average molecular weight is 298 g/mol. The maximum absolute atomic E-state index is 12.4. The molecule has 0 aliphatic carbocycles. The second kappa shape index (κ2) is 6.21. The van der Waals surface area contributed by atoms with Crippen LogP contribution in [0.25, 0.3) is 0 Å². The molecule has 6 nitrogen and oxygen atoms in total. The average Bonchev–Trinajstić information content (AvgIpc) is 2.78. The summed E-state index contributed by atoms with van der Waals surface area (Å²) >= 11 is 1.08. The molecule has 1 aromatic rings. The van der Waals surface area contributed by atoms with Crippen LogP contribution in [0.2, 0.25) is 0 Å². The molecule has 0 N–H and O–H groups in total. The van der Waals surface area contributed by atoms with E-state index < -0.39 is 6.04 Å². The summed E-state index contributed by atoms with van der Waals surface area (Å²) in [6, 6.07) is -0.518. The molecular formula is C13H18N2O4S. The van der Waals surface area contributed by atoms with Crippen molar-refractivity contribution < 1.29 is 14.3 Å². The molecule has 0 radical (unpaired) electrons. The van der Waals surface area contributed by atoms with Crippen LogP contribution in [0.15, 0.2) is 10.2 Å². The van der Waals surface area contributed by atoms with Crippen LogP contribution in [0.5, 0.6) is 0 Å². The van der Waals surface area contributed by atoms with E-state index in [4.69, 9.17) is 4.74 Å². The van der Waals surface area contributed by atoms with Gasteiger partial charge in [0.05, 0.1) is 7.11 Å². The van der Waals surface area contributed by atoms with Crippen molar-refractivity contribution in [1.82, 2.24) is 9.47 Å². The Morgan fingerprint density at radius 3 is 2.80 bits per heavy atom. The van der Waals surface area contributed by atoms with Gasteiger partial charge in [-0.3, -0.25) is 14.2 Å². The molecule has 7 heteroatoms. The predicted molar refractivity (Wildman–Crippen MR) is 74.7 cm³/mol. The fourth-order valence-electron chi connectivity index (χ4n) is 2.43. The van der Waals surface area contributed by atoms with Crippen molar-refractivity contribution >= 4 is 23.2 Å². The van der Waals surface area contributed by atoms with E-state index in [2.05, 4.69) is 0 Å². The summed E-state index contributed by atoms with van der Waals surface area (Å²) in [6.45, 7) is 2.32. The van der Waals surface area contributed by atoms with Crippen LogP contribution in [-0.2, 0) is 20.9 Å². The van der Waals surface area contributed by atoms with Crippen LogP contribution in [0.4, 0.5) is 0 Å². The van der Waals surface area contributed by atoms with Gasteiger partial charge < -0.3 is 9.64 Å². The third-order valence-electron chi connectivity index (χ3n) is 3.57. The van der Waals surface area contributed by atoms with Gasteiger partial charge in [0.1, 0.15) is 12.6 Å². The smallest absolute Gasteiger partial charge is 0.328 e. The summed E-state index contributed by atoms with van der Waals surface area (Å²) in [5, 5.41) is 1.73. The van der Waals surface area contributed by atoms with Crippen LogP contribution >= 0.6 is 11.3 Å². The Hall–Kier alpha value is -1.63. The molecule has 2 rings (SSSR count). The van der Waals surface area contributed by atoms with E-state index in [-0.39, 0.29) is 23.3 Å². The zero-order valence-electron chi connectivity index (χ0n) is 11.6. The zero-order chi connectivity index (χ0) is 14.7. The number of thiazole rings is 1. The molecule has 1 fully saturated rings. The molecule has 1 aliphatic rings. The van der Waals surface area contributed by atoms with E-state index in [0.717, 1.165) is 29.9 Å². The molecular weight excluding hydrogens is 280 g/mol. The van der Waals surface area contributed by atoms with Gasteiger partial charge in [-0.25, -0.2) is 4.79 Å². The Kier molecular flexibility index (Phi) is 4.59. The van der Waals surface area contributed by atoms with Gasteiger partial charge in [0.15, 0.2) is 0 Å². The normalized spacial score (nSPS) is 18.9. The number of aromatic nitrogens is 1. The van der Waals surface area contributed by atoms with Gasteiger partial charge in [-0.15, -0.1) is 0 Å². The quantitative estimate of drug-likeness (QED) is 0.773. The second-order valence-corrected chi connectivity index (χ2v) is 5.67. The summed E-state index contributed by atoms with van der Waals surface area (Å²) in [7, 11) is 1.33. The van der Waals surface area contributed by atoms with Gasteiger partial charge in [-0.2, -0.15) is 0 Å². The number of esters is 1. The molecule has 1 aromatic heterocycles. The number of ether oxygens (including phenoxy) is 1. The van der Waals surface area contributed by atoms with Crippen molar-refractivity contribution in [3.63, 3.8) is 0 Å². The fourth-order valence-corrected chi connectivity index (χ4v) is 3.17. The largest absolute Gasteiger partial charge is 0.467 e. The van der Waals surface area contributed by atoms with Crippen LogP contribution in [0, 0.1) is 6.92 Å². The van der Waals surface area contributed by atoms with E-state index in [9.17, 15) is 14.4 Å². The number of aryl methyl sites for hydroxylation is 1. The minimum Gasteiger partial charge on any atom is -0.467 e. The number of hydrogen-bond donors (Lipinski definition) is 0. The number of rotatable bonds is 3. The van der Waals surface area contributed by atoms with E-state index in [1.807, 2.05) is 0 Å². The molecule has 1 aliphatic heterocycles. The Morgan fingerprint density at radius 2 is 2.20 bits per heavy atom. The second-order valence-electron chi connectivity index (χ2n) is 4.85. The van der Waals surface area contributed by atoms with Gasteiger partial charge in [-0.05, 0) is 26.2 Å². The lowest BCUT2D eigenvalue weighted by molar-refractivity contribution is -0.154. The van der Waals surface area contributed by atoms with E-state index in [0.29, 0.717) is 13.0 Å². The van der Waals surface area contributed by atoms with Crippen LogP contribution in [0.1, 0.15) is 25.0 Å². The van der Waals surface area contributed by atoms with Crippen molar-refractivity contribution in [2.75, 3.05) is 13.7 Å².